The lowest BCUT2D eigenvalue weighted by molar-refractivity contribution is -0.137. The lowest BCUT2D eigenvalue weighted by Gasteiger charge is -2.30. The van der Waals surface area contributed by atoms with Crippen molar-refractivity contribution >= 4 is 21.6 Å². The number of piperidine rings is 1. The van der Waals surface area contributed by atoms with Crippen LogP contribution in [0.3, 0.4) is 0 Å². The van der Waals surface area contributed by atoms with Crippen LogP contribution in [0.5, 0.6) is 0 Å². The van der Waals surface area contributed by atoms with Crippen LogP contribution in [0.15, 0.2) is 64.2 Å². The summed E-state index contributed by atoms with van der Waals surface area (Å²) in [6.07, 6.45) is -2.92. The molecule has 1 saturated heterocycles. The highest BCUT2D eigenvalue weighted by Crippen LogP contribution is 2.32. The maximum absolute atomic E-state index is 12.9. The molecule has 1 aliphatic rings. The molecule has 1 N–H and O–H groups in total. The molecule has 0 bridgehead atoms. The molecule has 1 amide bonds. The standard InChI is InChI=1S/C21H19F3N4O4S/c22-21(23,24)16-2-1-3-18(12-16)33(30,31)28-10-8-14(9-11-28)19(29)26-17-6-4-15(5-7-17)20-27-25-13-32-20/h1-7,12-14H,8-11H2,(H,26,29). The van der Waals surface area contributed by atoms with Crippen LogP contribution < -0.4 is 5.32 Å². The van der Waals surface area contributed by atoms with Gasteiger partial charge in [0.05, 0.1) is 10.5 Å². The van der Waals surface area contributed by atoms with Crippen LogP contribution in [0.2, 0.25) is 0 Å². The zero-order valence-corrected chi connectivity index (χ0v) is 17.9. The van der Waals surface area contributed by atoms with Crippen LogP contribution in [0, 0.1) is 5.92 Å². The first kappa shape index (κ1) is 22.9. The quantitative estimate of drug-likeness (QED) is 0.596. The SMILES string of the molecule is O=C(Nc1ccc(-c2nnco2)cc1)C1CCN(S(=O)(=O)c2cccc(C(F)(F)F)c2)CC1. The molecule has 2 aromatic carbocycles. The van der Waals surface area contributed by atoms with E-state index in [0.717, 1.165) is 22.5 Å². The molecule has 0 atom stereocenters. The molecule has 0 unspecified atom stereocenters. The highest BCUT2D eigenvalue weighted by Gasteiger charge is 2.35. The Morgan fingerprint density at radius 2 is 1.79 bits per heavy atom. The van der Waals surface area contributed by atoms with Crippen molar-refractivity contribution in [1.29, 1.82) is 0 Å². The van der Waals surface area contributed by atoms with Crippen LogP contribution in [-0.2, 0) is 21.0 Å². The summed E-state index contributed by atoms with van der Waals surface area (Å²) in [4.78, 5) is 12.2. The molecule has 3 aromatic rings. The van der Waals surface area contributed by atoms with Gasteiger partial charge in [-0.25, -0.2) is 8.42 Å². The number of amides is 1. The largest absolute Gasteiger partial charge is 0.423 e. The molecule has 0 spiro atoms. The van der Waals surface area contributed by atoms with E-state index in [0.29, 0.717) is 23.2 Å². The summed E-state index contributed by atoms with van der Waals surface area (Å²) in [6.45, 7) is 0.0690. The number of nitrogens with zero attached hydrogens (tertiary/aromatic N) is 3. The Morgan fingerprint density at radius 3 is 2.39 bits per heavy atom. The van der Waals surface area contributed by atoms with E-state index in [-0.39, 0.29) is 31.8 Å². The zero-order chi connectivity index (χ0) is 23.6. The van der Waals surface area contributed by atoms with Crippen molar-refractivity contribution in [3.63, 3.8) is 0 Å². The third kappa shape index (κ3) is 5.06. The molecule has 1 aromatic heterocycles. The van der Waals surface area contributed by atoms with Crippen LogP contribution in [0.25, 0.3) is 11.5 Å². The lowest BCUT2D eigenvalue weighted by Crippen LogP contribution is -2.41. The number of carbonyl (C=O) groups is 1. The number of aromatic nitrogens is 2. The van der Waals surface area contributed by atoms with E-state index >= 15 is 0 Å². The Hall–Kier alpha value is -3.25. The Morgan fingerprint density at radius 1 is 1.09 bits per heavy atom. The van der Waals surface area contributed by atoms with Gasteiger partial charge in [-0.1, -0.05) is 6.07 Å². The summed E-state index contributed by atoms with van der Waals surface area (Å²) >= 11 is 0. The van der Waals surface area contributed by atoms with Gasteiger partial charge in [-0.3, -0.25) is 4.79 Å². The Bertz CT molecular complexity index is 1220. The van der Waals surface area contributed by atoms with Gasteiger partial charge in [-0.15, -0.1) is 10.2 Å². The number of carbonyl (C=O) groups excluding carboxylic acids is 1. The van der Waals surface area contributed by atoms with E-state index in [1.807, 2.05) is 0 Å². The number of hydrogen-bond acceptors (Lipinski definition) is 6. The van der Waals surface area contributed by atoms with Crippen molar-refractivity contribution < 1.29 is 30.8 Å². The fraction of sp³-hybridized carbons (Fsp3) is 0.286. The van der Waals surface area contributed by atoms with Crippen molar-refractivity contribution in [2.75, 3.05) is 18.4 Å². The molecule has 1 aliphatic heterocycles. The molecule has 8 nitrogen and oxygen atoms in total. The Kier molecular flexibility index (Phi) is 6.21. The summed E-state index contributed by atoms with van der Waals surface area (Å²) in [7, 11) is -4.10. The van der Waals surface area contributed by atoms with Gasteiger partial charge in [0.2, 0.25) is 28.2 Å². The average molecular weight is 480 g/mol. The van der Waals surface area contributed by atoms with Crippen molar-refractivity contribution in [2.24, 2.45) is 5.92 Å². The molecular weight excluding hydrogens is 461 g/mol. The molecule has 33 heavy (non-hydrogen) atoms. The lowest BCUT2D eigenvalue weighted by atomic mass is 9.97. The van der Waals surface area contributed by atoms with Crippen molar-refractivity contribution in [1.82, 2.24) is 14.5 Å². The zero-order valence-electron chi connectivity index (χ0n) is 17.1. The second-order valence-corrected chi connectivity index (χ2v) is 9.45. The highest BCUT2D eigenvalue weighted by molar-refractivity contribution is 7.89. The van der Waals surface area contributed by atoms with Gasteiger partial charge in [0.1, 0.15) is 0 Å². The van der Waals surface area contributed by atoms with E-state index < -0.39 is 32.6 Å². The summed E-state index contributed by atoms with van der Waals surface area (Å²) in [5.74, 6) is -0.326. The van der Waals surface area contributed by atoms with Gasteiger partial charge in [0.25, 0.3) is 0 Å². The smallest absolute Gasteiger partial charge is 0.416 e. The van der Waals surface area contributed by atoms with Gasteiger partial charge in [0, 0.05) is 30.3 Å². The number of nitrogens with one attached hydrogen (secondary N) is 1. The number of benzene rings is 2. The molecule has 2 heterocycles. The predicted molar refractivity (Wildman–Crippen MR) is 111 cm³/mol. The summed E-state index contributed by atoms with van der Waals surface area (Å²) in [5.41, 5.74) is 0.226. The minimum atomic E-state index is -4.64. The van der Waals surface area contributed by atoms with Crippen molar-refractivity contribution in [3.05, 3.63) is 60.5 Å². The van der Waals surface area contributed by atoms with Gasteiger partial charge in [0.15, 0.2) is 0 Å². The van der Waals surface area contributed by atoms with Crippen molar-refractivity contribution in [3.8, 4) is 11.5 Å². The van der Waals surface area contributed by atoms with Crippen LogP contribution in [0.1, 0.15) is 18.4 Å². The average Bonchev–Trinajstić information content (AvgIpc) is 3.34. The molecule has 174 valence electrons. The second-order valence-electron chi connectivity index (χ2n) is 7.51. The summed E-state index contributed by atoms with van der Waals surface area (Å²) in [6, 6.07) is 10.5. The van der Waals surface area contributed by atoms with E-state index in [9.17, 15) is 26.4 Å². The van der Waals surface area contributed by atoms with E-state index in [4.69, 9.17) is 4.42 Å². The van der Waals surface area contributed by atoms with Crippen LogP contribution in [-0.4, -0.2) is 41.9 Å². The third-order valence-corrected chi connectivity index (χ3v) is 7.28. The summed E-state index contributed by atoms with van der Waals surface area (Å²) in [5, 5.41) is 10.2. The fourth-order valence-corrected chi connectivity index (χ4v) is 5.10. The van der Waals surface area contributed by atoms with E-state index in [1.54, 1.807) is 24.3 Å². The monoisotopic (exact) mass is 480 g/mol. The number of sulfonamides is 1. The Balaban J connectivity index is 1.37. The molecular formula is C21H19F3N4O4S. The van der Waals surface area contributed by atoms with Gasteiger partial charge in [-0.05, 0) is 55.3 Å². The number of rotatable bonds is 5. The molecule has 0 radical (unpaired) electrons. The topological polar surface area (TPSA) is 105 Å². The Labute approximate surface area is 187 Å². The second kappa shape index (κ2) is 8.94. The third-order valence-electron chi connectivity index (χ3n) is 5.38. The van der Waals surface area contributed by atoms with Crippen LogP contribution in [0.4, 0.5) is 18.9 Å². The van der Waals surface area contributed by atoms with Gasteiger partial charge in [-0.2, -0.15) is 17.5 Å². The first-order valence-corrected chi connectivity index (χ1v) is 11.4. The molecule has 0 aliphatic carbocycles. The number of halogens is 3. The minimum absolute atomic E-state index is 0.0345. The van der Waals surface area contributed by atoms with E-state index in [2.05, 4.69) is 15.5 Å². The number of anilines is 1. The van der Waals surface area contributed by atoms with E-state index in [1.165, 1.54) is 6.39 Å². The van der Waals surface area contributed by atoms with Gasteiger partial charge < -0.3 is 9.73 Å². The minimum Gasteiger partial charge on any atom is -0.423 e. The molecule has 4 rings (SSSR count). The fourth-order valence-electron chi connectivity index (χ4n) is 3.58. The maximum Gasteiger partial charge on any atom is 0.416 e. The molecule has 1 fully saturated rings. The normalized spacial score (nSPS) is 16.0. The molecule has 12 heteroatoms. The first-order chi connectivity index (χ1) is 15.6. The number of alkyl halides is 3. The van der Waals surface area contributed by atoms with Gasteiger partial charge >= 0.3 is 6.18 Å². The maximum atomic E-state index is 12.9. The highest BCUT2D eigenvalue weighted by atomic mass is 32.2. The van der Waals surface area contributed by atoms with Crippen molar-refractivity contribution in [2.45, 2.75) is 23.9 Å². The number of hydrogen-bond donors (Lipinski definition) is 1. The first-order valence-electron chi connectivity index (χ1n) is 9.99. The molecule has 0 saturated carbocycles. The predicted octanol–water partition coefficient (Wildman–Crippen LogP) is 3.79. The van der Waals surface area contributed by atoms with Crippen LogP contribution >= 0.6 is 0 Å². The summed E-state index contributed by atoms with van der Waals surface area (Å²) < 4.78 is 70.7.